The normalized spacial score (nSPS) is 44.2. The molecule has 2 spiro atoms. The van der Waals surface area contributed by atoms with E-state index in [1.54, 1.807) is 7.11 Å². The van der Waals surface area contributed by atoms with Gasteiger partial charge in [0, 0.05) is 30.1 Å². The van der Waals surface area contributed by atoms with E-state index in [-0.39, 0.29) is 16.7 Å². The van der Waals surface area contributed by atoms with Crippen molar-refractivity contribution in [2.24, 2.45) is 28.6 Å². The molecule has 0 bridgehead atoms. The van der Waals surface area contributed by atoms with E-state index in [1.807, 2.05) is 0 Å². The maximum absolute atomic E-state index is 12.4. The minimum atomic E-state index is -0.827. The summed E-state index contributed by atoms with van der Waals surface area (Å²) in [4.78, 5) is 0. The van der Waals surface area contributed by atoms with Crippen molar-refractivity contribution in [3.05, 3.63) is 35.9 Å². The van der Waals surface area contributed by atoms with E-state index in [2.05, 4.69) is 44.2 Å². The Labute approximate surface area is 214 Å². The lowest BCUT2D eigenvalue weighted by Crippen LogP contribution is -2.65. The number of ether oxygens (including phenoxy) is 5. The van der Waals surface area contributed by atoms with Crippen molar-refractivity contribution in [1.29, 1.82) is 0 Å². The van der Waals surface area contributed by atoms with Gasteiger partial charge in [-0.15, -0.1) is 0 Å². The first kappa shape index (κ1) is 23.7. The predicted octanol–water partition coefficient (Wildman–Crippen LogP) is 4.94. The highest BCUT2D eigenvalue weighted by molar-refractivity contribution is 5.72. The van der Waals surface area contributed by atoms with Crippen LogP contribution in [0.4, 0.5) is 0 Å². The average molecular weight is 497 g/mol. The van der Waals surface area contributed by atoms with E-state index >= 15 is 0 Å². The van der Waals surface area contributed by atoms with Crippen LogP contribution >= 0.6 is 0 Å². The van der Waals surface area contributed by atoms with E-state index in [1.165, 1.54) is 11.1 Å². The molecule has 1 N–H and O–H groups in total. The van der Waals surface area contributed by atoms with Gasteiger partial charge in [-0.1, -0.05) is 32.1 Å². The van der Waals surface area contributed by atoms with Gasteiger partial charge in [0.05, 0.1) is 39.1 Å². The molecule has 5 fully saturated rings. The first-order valence-electron chi connectivity index (χ1n) is 13.9. The topological polar surface area (TPSA) is 66.4 Å². The average Bonchev–Trinajstić information content (AvgIpc) is 3.61. The Bertz CT molecular complexity index is 1050. The molecule has 3 saturated carbocycles. The molecule has 1 aromatic rings. The lowest BCUT2D eigenvalue weighted by atomic mass is 9.43. The molecule has 1 aromatic carbocycles. The van der Waals surface area contributed by atoms with Crippen LogP contribution in [0.25, 0.3) is 5.57 Å². The SMILES string of the molecule is COc1ccc(C2=C[C@@]3(C)[C@@H](CCC34OCCO4)[C@@H]3CC[C@@]4(O)CC5(CC[C@]4(C)[C@@H]23)OCCO5)cc1. The minimum absolute atomic E-state index is 0.195. The first-order chi connectivity index (χ1) is 17.3. The standard InChI is InChI=1S/C30H40O6/c1-26-12-13-29(33-14-15-34-29)19-28(26,31)10-8-22-24-9-11-30(35-16-17-36-30)27(24,2)18-23(25(22)26)20-4-6-21(32-3)7-5-20/h4-7,18,22,24-25,31H,8-17,19H2,1-3H3/t22-,24-,25+,26+,27-,28+/m0/s1. The molecule has 6 aliphatic rings. The van der Waals surface area contributed by atoms with Crippen molar-refractivity contribution < 1.29 is 28.8 Å². The number of rotatable bonds is 2. The molecule has 2 heterocycles. The fraction of sp³-hybridized carbons (Fsp3) is 0.733. The van der Waals surface area contributed by atoms with Crippen LogP contribution in [0.2, 0.25) is 0 Å². The molecule has 0 amide bonds. The molecular formula is C30H40O6. The number of methoxy groups -OCH3 is 1. The zero-order chi connectivity index (χ0) is 24.8. The number of benzene rings is 1. The number of allylic oxidation sites excluding steroid dienone is 1. The van der Waals surface area contributed by atoms with E-state index in [0.29, 0.717) is 44.7 Å². The highest BCUT2D eigenvalue weighted by atomic mass is 16.7. The van der Waals surface area contributed by atoms with Gasteiger partial charge in [-0.3, -0.25) is 0 Å². The molecule has 7 rings (SSSR count). The Morgan fingerprint density at radius 1 is 0.861 bits per heavy atom. The minimum Gasteiger partial charge on any atom is -0.497 e. The third-order valence-electron chi connectivity index (χ3n) is 11.3. The summed E-state index contributed by atoms with van der Waals surface area (Å²) in [6, 6.07) is 8.49. The van der Waals surface area contributed by atoms with Crippen molar-refractivity contribution in [2.75, 3.05) is 33.5 Å². The Hall–Kier alpha value is -1.44. The summed E-state index contributed by atoms with van der Waals surface area (Å²) in [6.07, 6.45) is 8.62. The van der Waals surface area contributed by atoms with Crippen molar-refractivity contribution in [3.63, 3.8) is 0 Å². The molecule has 0 unspecified atom stereocenters. The molecule has 4 aliphatic carbocycles. The monoisotopic (exact) mass is 496 g/mol. The Kier molecular flexibility index (Phi) is 5.12. The van der Waals surface area contributed by atoms with Gasteiger partial charge in [0.25, 0.3) is 0 Å². The van der Waals surface area contributed by atoms with Gasteiger partial charge in [-0.25, -0.2) is 0 Å². The van der Waals surface area contributed by atoms with Crippen LogP contribution < -0.4 is 4.74 Å². The molecule has 36 heavy (non-hydrogen) atoms. The molecular weight excluding hydrogens is 456 g/mol. The summed E-state index contributed by atoms with van der Waals surface area (Å²) in [5.74, 6) is 0.900. The van der Waals surface area contributed by atoms with E-state index < -0.39 is 17.2 Å². The predicted molar refractivity (Wildman–Crippen MR) is 134 cm³/mol. The zero-order valence-corrected chi connectivity index (χ0v) is 21.9. The van der Waals surface area contributed by atoms with Gasteiger partial charge in [-0.2, -0.15) is 0 Å². The maximum Gasteiger partial charge on any atom is 0.177 e. The quantitative estimate of drug-likeness (QED) is 0.626. The van der Waals surface area contributed by atoms with Crippen molar-refractivity contribution in [3.8, 4) is 5.75 Å². The third kappa shape index (κ3) is 2.97. The molecule has 2 aliphatic heterocycles. The zero-order valence-electron chi connectivity index (χ0n) is 21.9. The van der Waals surface area contributed by atoms with E-state index in [9.17, 15) is 5.11 Å². The Morgan fingerprint density at radius 2 is 1.56 bits per heavy atom. The number of hydrogen-bond donors (Lipinski definition) is 1. The highest BCUT2D eigenvalue weighted by Gasteiger charge is 2.70. The first-order valence-corrected chi connectivity index (χ1v) is 13.9. The number of hydrogen-bond acceptors (Lipinski definition) is 6. The van der Waals surface area contributed by atoms with Crippen LogP contribution in [0.5, 0.6) is 5.75 Å². The van der Waals surface area contributed by atoms with Crippen LogP contribution in [-0.2, 0) is 18.9 Å². The summed E-state index contributed by atoms with van der Waals surface area (Å²) in [7, 11) is 1.71. The summed E-state index contributed by atoms with van der Waals surface area (Å²) in [5, 5.41) is 12.4. The largest absolute Gasteiger partial charge is 0.497 e. The summed E-state index contributed by atoms with van der Waals surface area (Å²) < 4.78 is 30.6. The van der Waals surface area contributed by atoms with Crippen LogP contribution in [0, 0.1) is 28.6 Å². The van der Waals surface area contributed by atoms with Gasteiger partial charge in [0.15, 0.2) is 11.6 Å². The van der Waals surface area contributed by atoms with E-state index in [0.717, 1.165) is 44.3 Å². The lowest BCUT2D eigenvalue weighted by molar-refractivity contribution is -0.278. The molecule has 6 nitrogen and oxygen atoms in total. The second-order valence-corrected chi connectivity index (χ2v) is 12.6. The molecule has 6 heteroatoms. The second kappa shape index (κ2) is 7.79. The van der Waals surface area contributed by atoms with Crippen molar-refractivity contribution >= 4 is 5.57 Å². The fourth-order valence-electron chi connectivity index (χ4n) is 9.48. The maximum atomic E-state index is 12.4. The van der Waals surface area contributed by atoms with Crippen molar-refractivity contribution in [2.45, 2.75) is 76.0 Å². The Balaban J connectivity index is 1.37. The molecule has 2 saturated heterocycles. The number of fused-ring (bicyclic) bond motifs is 6. The van der Waals surface area contributed by atoms with Crippen LogP contribution in [-0.4, -0.2) is 55.8 Å². The van der Waals surface area contributed by atoms with Gasteiger partial charge in [0.1, 0.15) is 5.75 Å². The fourth-order valence-corrected chi connectivity index (χ4v) is 9.48. The highest BCUT2D eigenvalue weighted by Crippen LogP contribution is 2.71. The second-order valence-electron chi connectivity index (χ2n) is 12.6. The lowest BCUT2D eigenvalue weighted by Gasteiger charge is -2.64. The van der Waals surface area contributed by atoms with E-state index in [4.69, 9.17) is 23.7 Å². The number of aliphatic hydroxyl groups is 1. The summed E-state index contributed by atoms with van der Waals surface area (Å²) in [6.45, 7) is 7.30. The van der Waals surface area contributed by atoms with Crippen LogP contribution in [0.3, 0.4) is 0 Å². The smallest absolute Gasteiger partial charge is 0.177 e. The van der Waals surface area contributed by atoms with Crippen LogP contribution in [0.1, 0.15) is 64.4 Å². The van der Waals surface area contributed by atoms with Crippen molar-refractivity contribution in [1.82, 2.24) is 0 Å². The van der Waals surface area contributed by atoms with Gasteiger partial charge in [0.2, 0.25) is 0 Å². The molecule has 6 atom stereocenters. The summed E-state index contributed by atoms with van der Waals surface area (Å²) >= 11 is 0. The molecule has 196 valence electrons. The van der Waals surface area contributed by atoms with Gasteiger partial charge in [-0.05, 0) is 66.7 Å². The summed E-state index contributed by atoms with van der Waals surface area (Å²) in [5.41, 5.74) is 1.26. The Morgan fingerprint density at radius 3 is 2.25 bits per heavy atom. The molecule has 0 aromatic heterocycles. The molecule has 0 radical (unpaired) electrons. The van der Waals surface area contributed by atoms with Gasteiger partial charge < -0.3 is 28.8 Å². The van der Waals surface area contributed by atoms with Crippen LogP contribution in [0.15, 0.2) is 30.3 Å². The third-order valence-corrected chi connectivity index (χ3v) is 11.3. The van der Waals surface area contributed by atoms with Gasteiger partial charge >= 0.3 is 0 Å².